The van der Waals surface area contributed by atoms with Crippen LogP contribution in [0.2, 0.25) is 0 Å². The number of carbonyl (C=O) groups excluding carboxylic acids is 1. The summed E-state index contributed by atoms with van der Waals surface area (Å²) < 4.78 is 54.2. The molecule has 1 N–H and O–H groups in total. The molecule has 4 rings (SSSR count). The molecule has 0 bridgehead atoms. The SMILES string of the molecule is O=C(NC1=C(C2CCCC(C(F)(F)F)C2)CC=NC1)c1ccc(F)c(C2CCCCC2)n1. The molecule has 1 aliphatic heterocycles. The highest BCUT2D eigenvalue weighted by atomic mass is 19.4. The molecule has 2 atom stereocenters. The molecule has 0 saturated heterocycles. The van der Waals surface area contributed by atoms with Crippen LogP contribution in [-0.4, -0.2) is 29.8 Å². The molecule has 2 fully saturated rings. The zero-order chi connectivity index (χ0) is 22.7. The first-order chi connectivity index (χ1) is 15.3. The van der Waals surface area contributed by atoms with Gasteiger partial charge in [0.2, 0.25) is 0 Å². The fourth-order valence-corrected chi connectivity index (χ4v) is 5.33. The van der Waals surface area contributed by atoms with Crippen molar-refractivity contribution in [2.45, 2.75) is 76.3 Å². The molecule has 8 heteroatoms. The van der Waals surface area contributed by atoms with Crippen LogP contribution < -0.4 is 5.32 Å². The summed E-state index contributed by atoms with van der Waals surface area (Å²) in [5, 5.41) is 2.85. The van der Waals surface area contributed by atoms with Crippen molar-refractivity contribution in [3.63, 3.8) is 0 Å². The molecular formula is C24H29F4N3O. The van der Waals surface area contributed by atoms with Crippen LogP contribution in [0.25, 0.3) is 0 Å². The molecule has 0 radical (unpaired) electrons. The van der Waals surface area contributed by atoms with Crippen LogP contribution in [0.1, 0.15) is 86.3 Å². The summed E-state index contributed by atoms with van der Waals surface area (Å²) in [5.74, 6) is -2.37. The van der Waals surface area contributed by atoms with E-state index >= 15 is 0 Å². The molecule has 2 saturated carbocycles. The topological polar surface area (TPSA) is 54.4 Å². The molecule has 2 unspecified atom stereocenters. The Morgan fingerprint density at radius 3 is 2.50 bits per heavy atom. The number of pyridine rings is 1. The summed E-state index contributed by atoms with van der Waals surface area (Å²) in [4.78, 5) is 21.5. The second-order valence-corrected chi connectivity index (χ2v) is 9.19. The average molecular weight is 452 g/mol. The number of dihydropyridines is 1. The number of rotatable bonds is 4. The van der Waals surface area contributed by atoms with Crippen molar-refractivity contribution in [3.05, 3.63) is 40.6 Å². The number of aliphatic imine (C=N–C) groups is 1. The standard InChI is InChI=1S/C24H29F4N3O/c25-19-9-10-20(30-22(19)15-5-2-1-3-6-15)23(32)31-21-14-29-12-11-18(21)16-7-4-8-17(13-16)24(26,27)28/h9-10,12,15-17H,1-8,11,13-14H2,(H,31,32). The van der Waals surface area contributed by atoms with Crippen LogP contribution in [0.4, 0.5) is 17.6 Å². The zero-order valence-electron chi connectivity index (χ0n) is 18.1. The maximum Gasteiger partial charge on any atom is 0.391 e. The molecule has 174 valence electrons. The summed E-state index contributed by atoms with van der Waals surface area (Å²) in [7, 11) is 0. The largest absolute Gasteiger partial charge is 0.391 e. The first-order valence-electron chi connectivity index (χ1n) is 11.6. The van der Waals surface area contributed by atoms with Crippen LogP contribution in [0, 0.1) is 17.7 Å². The molecule has 2 aliphatic carbocycles. The predicted octanol–water partition coefficient (Wildman–Crippen LogP) is 6.10. The van der Waals surface area contributed by atoms with E-state index in [4.69, 9.17) is 0 Å². The van der Waals surface area contributed by atoms with Gasteiger partial charge in [0.05, 0.1) is 18.2 Å². The quantitative estimate of drug-likeness (QED) is 0.563. The fourth-order valence-electron chi connectivity index (χ4n) is 5.33. The Kier molecular flexibility index (Phi) is 6.96. The second kappa shape index (κ2) is 9.71. The number of alkyl halides is 3. The Bertz CT molecular complexity index is 903. The van der Waals surface area contributed by atoms with Crippen LogP contribution in [0.15, 0.2) is 28.4 Å². The summed E-state index contributed by atoms with van der Waals surface area (Å²) >= 11 is 0. The molecule has 1 aromatic rings. The zero-order valence-corrected chi connectivity index (χ0v) is 18.1. The number of halogens is 4. The Balaban J connectivity index is 1.52. The van der Waals surface area contributed by atoms with E-state index < -0.39 is 23.8 Å². The highest BCUT2D eigenvalue weighted by Gasteiger charge is 2.43. The van der Waals surface area contributed by atoms with Crippen molar-refractivity contribution in [2.24, 2.45) is 16.8 Å². The average Bonchev–Trinajstić information content (AvgIpc) is 2.80. The van der Waals surface area contributed by atoms with Gasteiger partial charge in [-0.2, -0.15) is 13.2 Å². The van der Waals surface area contributed by atoms with Crippen molar-refractivity contribution in [1.82, 2.24) is 10.3 Å². The number of nitrogens with zero attached hydrogens (tertiary/aromatic N) is 2. The Morgan fingerprint density at radius 2 is 1.75 bits per heavy atom. The van der Waals surface area contributed by atoms with E-state index in [0.717, 1.165) is 37.7 Å². The third-order valence-electron chi connectivity index (χ3n) is 7.07. The monoisotopic (exact) mass is 451 g/mol. The summed E-state index contributed by atoms with van der Waals surface area (Å²) in [5.41, 5.74) is 1.87. The lowest BCUT2D eigenvalue weighted by Gasteiger charge is -2.33. The van der Waals surface area contributed by atoms with E-state index in [2.05, 4.69) is 15.3 Å². The van der Waals surface area contributed by atoms with Crippen molar-refractivity contribution < 1.29 is 22.4 Å². The van der Waals surface area contributed by atoms with Crippen LogP contribution >= 0.6 is 0 Å². The van der Waals surface area contributed by atoms with Gasteiger partial charge in [0.1, 0.15) is 11.5 Å². The Hall–Kier alpha value is -2.25. The molecule has 0 aromatic carbocycles. The van der Waals surface area contributed by atoms with Gasteiger partial charge >= 0.3 is 6.18 Å². The molecule has 3 aliphatic rings. The summed E-state index contributed by atoms with van der Waals surface area (Å²) in [6.45, 7) is 0.227. The number of nitrogens with one attached hydrogen (secondary N) is 1. The highest BCUT2D eigenvalue weighted by molar-refractivity contribution is 5.93. The van der Waals surface area contributed by atoms with Gasteiger partial charge in [-0.05, 0) is 55.7 Å². The molecule has 1 amide bonds. The van der Waals surface area contributed by atoms with Crippen molar-refractivity contribution >= 4 is 12.1 Å². The maximum absolute atomic E-state index is 14.4. The van der Waals surface area contributed by atoms with Gasteiger partial charge in [-0.3, -0.25) is 9.79 Å². The summed E-state index contributed by atoms with van der Waals surface area (Å²) in [6, 6.07) is 2.65. The minimum atomic E-state index is -4.20. The molecule has 1 aromatic heterocycles. The van der Waals surface area contributed by atoms with Gasteiger partial charge in [0.25, 0.3) is 5.91 Å². The van der Waals surface area contributed by atoms with Crippen molar-refractivity contribution in [2.75, 3.05) is 6.54 Å². The fraction of sp³-hybridized carbons (Fsp3) is 0.625. The number of allylic oxidation sites excluding steroid dienone is 1. The van der Waals surface area contributed by atoms with E-state index in [9.17, 15) is 22.4 Å². The van der Waals surface area contributed by atoms with Gasteiger partial charge in [0, 0.05) is 24.3 Å². The Labute approximate surface area is 185 Å². The van der Waals surface area contributed by atoms with E-state index in [0.29, 0.717) is 30.7 Å². The van der Waals surface area contributed by atoms with Crippen molar-refractivity contribution in [1.29, 1.82) is 0 Å². The molecular weight excluding hydrogens is 422 g/mol. The lowest BCUT2D eigenvalue weighted by molar-refractivity contribution is -0.184. The van der Waals surface area contributed by atoms with Crippen molar-refractivity contribution in [3.8, 4) is 0 Å². The van der Waals surface area contributed by atoms with Gasteiger partial charge < -0.3 is 5.32 Å². The van der Waals surface area contributed by atoms with Gasteiger partial charge in [-0.1, -0.05) is 25.7 Å². The number of hydrogen-bond acceptors (Lipinski definition) is 3. The molecule has 0 spiro atoms. The third kappa shape index (κ3) is 5.21. The molecule has 4 nitrogen and oxygen atoms in total. The first kappa shape index (κ1) is 22.9. The van der Waals surface area contributed by atoms with Gasteiger partial charge in [-0.25, -0.2) is 9.37 Å². The lowest BCUT2D eigenvalue weighted by atomic mass is 9.75. The van der Waals surface area contributed by atoms with Crippen LogP contribution in [-0.2, 0) is 0 Å². The van der Waals surface area contributed by atoms with Gasteiger partial charge in [0.15, 0.2) is 0 Å². The number of amides is 1. The lowest BCUT2D eigenvalue weighted by Crippen LogP contribution is -2.33. The maximum atomic E-state index is 14.4. The highest BCUT2D eigenvalue weighted by Crippen LogP contribution is 2.43. The summed E-state index contributed by atoms with van der Waals surface area (Å²) in [6.07, 6.45) is 4.26. The first-order valence-corrected chi connectivity index (χ1v) is 11.6. The third-order valence-corrected chi connectivity index (χ3v) is 7.07. The molecule has 2 heterocycles. The van der Waals surface area contributed by atoms with E-state index in [-0.39, 0.29) is 36.9 Å². The van der Waals surface area contributed by atoms with Crippen LogP contribution in [0.5, 0.6) is 0 Å². The number of carbonyl (C=O) groups is 1. The van der Waals surface area contributed by atoms with Gasteiger partial charge in [-0.15, -0.1) is 0 Å². The van der Waals surface area contributed by atoms with Crippen LogP contribution in [0.3, 0.4) is 0 Å². The van der Waals surface area contributed by atoms with E-state index in [1.54, 1.807) is 6.21 Å². The number of hydrogen-bond donors (Lipinski definition) is 1. The van der Waals surface area contributed by atoms with E-state index in [1.807, 2.05) is 0 Å². The smallest absolute Gasteiger partial charge is 0.323 e. The van der Waals surface area contributed by atoms with E-state index in [1.165, 1.54) is 12.1 Å². The Morgan fingerprint density at radius 1 is 1.00 bits per heavy atom. The molecule has 32 heavy (non-hydrogen) atoms. The minimum Gasteiger partial charge on any atom is -0.323 e. The predicted molar refractivity (Wildman–Crippen MR) is 114 cm³/mol. The number of aromatic nitrogens is 1. The normalized spacial score (nSPS) is 25.1. The second-order valence-electron chi connectivity index (χ2n) is 9.19. The minimum absolute atomic E-state index is 0.0205.